The largest absolute Gasteiger partial charge is 0.408 e. The van der Waals surface area contributed by atoms with E-state index in [1.807, 2.05) is 5.32 Å². The third-order valence-corrected chi connectivity index (χ3v) is 3.34. The van der Waals surface area contributed by atoms with E-state index in [4.69, 9.17) is 16.9 Å². The van der Waals surface area contributed by atoms with Crippen molar-refractivity contribution in [1.29, 1.82) is 5.26 Å². The van der Waals surface area contributed by atoms with Crippen LogP contribution in [0.5, 0.6) is 0 Å². The van der Waals surface area contributed by atoms with Crippen LogP contribution in [0.2, 0.25) is 5.15 Å². The van der Waals surface area contributed by atoms with Gasteiger partial charge in [0.15, 0.2) is 0 Å². The SMILES string of the molecule is C[C@H](Nc1nc(C#N)nc(Cl)c1-c1c(F)cc(F)cc1F)C(F)(F)F. The summed E-state index contributed by atoms with van der Waals surface area (Å²) in [7, 11) is 0. The van der Waals surface area contributed by atoms with Gasteiger partial charge < -0.3 is 5.32 Å². The van der Waals surface area contributed by atoms with Gasteiger partial charge in [-0.1, -0.05) is 11.6 Å². The number of anilines is 1. The quantitative estimate of drug-likeness (QED) is 0.631. The molecule has 0 aliphatic carbocycles. The molecule has 132 valence electrons. The molecule has 0 radical (unpaired) electrons. The minimum atomic E-state index is -4.72. The molecule has 0 saturated carbocycles. The normalized spacial score (nSPS) is 12.6. The molecule has 0 fully saturated rings. The maximum absolute atomic E-state index is 14.0. The minimum absolute atomic E-state index is 0.323. The summed E-state index contributed by atoms with van der Waals surface area (Å²) in [5.74, 6) is -5.41. The summed E-state index contributed by atoms with van der Waals surface area (Å²) in [6.45, 7) is 0.725. The van der Waals surface area contributed by atoms with Gasteiger partial charge in [0, 0.05) is 12.1 Å². The number of hydrogen-bond donors (Lipinski definition) is 1. The summed E-state index contributed by atoms with van der Waals surface area (Å²) >= 11 is 5.78. The first kappa shape index (κ1) is 18.8. The Morgan fingerprint density at radius 2 is 1.68 bits per heavy atom. The van der Waals surface area contributed by atoms with E-state index in [1.54, 1.807) is 0 Å². The Morgan fingerprint density at radius 1 is 1.12 bits per heavy atom. The number of hydrogen-bond acceptors (Lipinski definition) is 4. The highest BCUT2D eigenvalue weighted by atomic mass is 35.5. The first-order valence-corrected chi connectivity index (χ1v) is 6.88. The first-order valence-electron chi connectivity index (χ1n) is 6.50. The van der Waals surface area contributed by atoms with Crippen LogP contribution in [0.4, 0.5) is 32.2 Å². The number of nitrogens with zero attached hydrogens (tertiary/aromatic N) is 3. The van der Waals surface area contributed by atoms with E-state index in [0.29, 0.717) is 12.1 Å². The monoisotopic (exact) mass is 380 g/mol. The summed E-state index contributed by atoms with van der Waals surface area (Å²) in [5, 5.41) is 10.0. The van der Waals surface area contributed by atoms with Crippen LogP contribution < -0.4 is 5.32 Å². The van der Waals surface area contributed by atoms with Crippen molar-refractivity contribution in [2.45, 2.75) is 19.1 Å². The zero-order chi connectivity index (χ0) is 18.9. The number of nitrogens with one attached hydrogen (secondary N) is 1. The van der Waals surface area contributed by atoms with Crippen LogP contribution in [0.25, 0.3) is 11.1 Å². The molecule has 1 aromatic heterocycles. The zero-order valence-electron chi connectivity index (χ0n) is 12.2. The smallest absolute Gasteiger partial charge is 0.358 e. The molecule has 4 nitrogen and oxygen atoms in total. The molecular formula is C14H7ClF6N4. The second-order valence-electron chi connectivity index (χ2n) is 4.83. The first-order chi connectivity index (χ1) is 11.5. The molecule has 0 saturated heterocycles. The Kier molecular flexibility index (Phi) is 5.08. The number of nitriles is 1. The van der Waals surface area contributed by atoms with Crippen molar-refractivity contribution in [1.82, 2.24) is 9.97 Å². The maximum Gasteiger partial charge on any atom is 0.408 e. The molecule has 1 atom stereocenters. The van der Waals surface area contributed by atoms with Crippen molar-refractivity contribution in [3.8, 4) is 17.2 Å². The number of halogens is 7. The highest BCUT2D eigenvalue weighted by Crippen LogP contribution is 2.37. The average Bonchev–Trinajstić information content (AvgIpc) is 2.47. The molecule has 25 heavy (non-hydrogen) atoms. The van der Waals surface area contributed by atoms with Crippen LogP contribution in [0.3, 0.4) is 0 Å². The molecular weight excluding hydrogens is 374 g/mol. The van der Waals surface area contributed by atoms with Crippen molar-refractivity contribution in [2.24, 2.45) is 0 Å². The highest BCUT2D eigenvalue weighted by molar-refractivity contribution is 6.32. The summed E-state index contributed by atoms with van der Waals surface area (Å²) in [4.78, 5) is 6.94. The molecule has 0 amide bonds. The van der Waals surface area contributed by atoms with E-state index >= 15 is 0 Å². The highest BCUT2D eigenvalue weighted by Gasteiger charge is 2.37. The van der Waals surface area contributed by atoms with Gasteiger partial charge in [-0.3, -0.25) is 0 Å². The van der Waals surface area contributed by atoms with Gasteiger partial charge >= 0.3 is 6.18 Å². The Balaban J connectivity index is 2.72. The van der Waals surface area contributed by atoms with Crippen LogP contribution in [0.15, 0.2) is 12.1 Å². The molecule has 1 N–H and O–H groups in total. The molecule has 0 aliphatic heterocycles. The Bertz CT molecular complexity index is 839. The lowest BCUT2D eigenvalue weighted by atomic mass is 10.1. The fraction of sp³-hybridized carbons (Fsp3) is 0.214. The number of benzene rings is 1. The molecule has 11 heteroatoms. The van der Waals surface area contributed by atoms with Crippen molar-refractivity contribution in [2.75, 3.05) is 5.32 Å². The molecule has 0 spiro atoms. The molecule has 1 aromatic carbocycles. The minimum Gasteiger partial charge on any atom is -0.358 e. The third-order valence-electron chi connectivity index (χ3n) is 3.07. The van der Waals surface area contributed by atoms with Gasteiger partial charge in [-0.05, 0) is 6.92 Å². The Morgan fingerprint density at radius 3 is 2.16 bits per heavy atom. The standard InChI is InChI=1S/C14H7ClF6N4/c1-5(14(19,20)21)23-13-11(12(15)24-9(4-22)25-13)10-7(17)2-6(16)3-8(10)18/h2-3,5H,1H3,(H,23,24,25)/t5-/m0/s1. The van der Waals surface area contributed by atoms with E-state index in [2.05, 4.69) is 9.97 Å². The van der Waals surface area contributed by atoms with Crippen molar-refractivity contribution >= 4 is 17.4 Å². The van der Waals surface area contributed by atoms with Gasteiger partial charge in [0.05, 0.1) is 11.1 Å². The van der Waals surface area contributed by atoms with E-state index in [9.17, 15) is 26.3 Å². The van der Waals surface area contributed by atoms with Crippen LogP contribution >= 0.6 is 11.6 Å². The topological polar surface area (TPSA) is 61.6 Å². The van der Waals surface area contributed by atoms with E-state index in [1.165, 1.54) is 6.07 Å². The summed E-state index contributed by atoms with van der Waals surface area (Å²) in [6.07, 6.45) is -4.72. The fourth-order valence-corrected chi connectivity index (χ4v) is 2.14. The molecule has 2 rings (SSSR count). The molecule has 0 aliphatic rings. The lowest BCUT2D eigenvalue weighted by molar-refractivity contribution is -0.138. The maximum atomic E-state index is 14.0. The number of rotatable bonds is 3. The van der Waals surface area contributed by atoms with Gasteiger partial charge in [0.25, 0.3) is 0 Å². The Labute approximate surface area is 142 Å². The summed E-state index contributed by atoms with van der Waals surface area (Å²) in [5.41, 5.74) is -1.58. The molecule has 0 unspecified atom stereocenters. The van der Waals surface area contributed by atoms with Crippen molar-refractivity contribution in [3.63, 3.8) is 0 Å². The number of aromatic nitrogens is 2. The second kappa shape index (κ2) is 6.76. The van der Waals surface area contributed by atoms with E-state index in [0.717, 1.165) is 6.92 Å². The van der Waals surface area contributed by atoms with Crippen LogP contribution in [0.1, 0.15) is 12.7 Å². The molecule has 1 heterocycles. The van der Waals surface area contributed by atoms with Gasteiger partial charge in [0.1, 0.15) is 40.5 Å². The van der Waals surface area contributed by atoms with Crippen molar-refractivity contribution < 1.29 is 26.3 Å². The van der Waals surface area contributed by atoms with Crippen molar-refractivity contribution in [3.05, 3.63) is 40.6 Å². The van der Waals surface area contributed by atoms with E-state index < -0.39 is 57.6 Å². The zero-order valence-corrected chi connectivity index (χ0v) is 13.0. The average molecular weight is 381 g/mol. The lowest BCUT2D eigenvalue weighted by Crippen LogP contribution is -2.33. The van der Waals surface area contributed by atoms with Crippen LogP contribution in [0, 0.1) is 28.8 Å². The summed E-state index contributed by atoms with van der Waals surface area (Å²) < 4.78 is 79.3. The predicted molar refractivity (Wildman–Crippen MR) is 76.2 cm³/mol. The lowest BCUT2D eigenvalue weighted by Gasteiger charge is -2.20. The second-order valence-corrected chi connectivity index (χ2v) is 5.18. The number of alkyl halides is 3. The van der Waals surface area contributed by atoms with Crippen LogP contribution in [-0.4, -0.2) is 22.2 Å². The predicted octanol–water partition coefficient (Wildman–Crippen LogP) is 4.45. The fourth-order valence-electron chi connectivity index (χ4n) is 1.88. The van der Waals surface area contributed by atoms with Crippen LogP contribution in [-0.2, 0) is 0 Å². The summed E-state index contributed by atoms with van der Waals surface area (Å²) in [6, 6.07) is -0.0764. The third kappa shape index (κ3) is 3.93. The molecule has 2 aromatic rings. The van der Waals surface area contributed by atoms with Gasteiger partial charge in [-0.15, -0.1) is 0 Å². The van der Waals surface area contributed by atoms with Gasteiger partial charge in [-0.25, -0.2) is 23.1 Å². The van der Waals surface area contributed by atoms with Gasteiger partial charge in [-0.2, -0.15) is 18.4 Å². The van der Waals surface area contributed by atoms with Gasteiger partial charge in [0.2, 0.25) is 5.82 Å². The molecule has 0 bridgehead atoms. The Hall–Kier alpha value is -2.54. The van der Waals surface area contributed by atoms with E-state index in [-0.39, 0.29) is 0 Å².